The third kappa shape index (κ3) is 4.39. The number of nitrogens with one attached hydrogen (secondary N) is 2. The second kappa shape index (κ2) is 9.36. The van der Waals surface area contributed by atoms with Crippen LogP contribution < -0.4 is 5.32 Å². The molecule has 0 radical (unpaired) electrons. The van der Waals surface area contributed by atoms with Crippen molar-refractivity contribution in [3.63, 3.8) is 0 Å². The zero-order chi connectivity index (χ0) is 21.4. The van der Waals surface area contributed by atoms with Crippen LogP contribution in [-0.4, -0.2) is 66.2 Å². The van der Waals surface area contributed by atoms with Gasteiger partial charge >= 0.3 is 6.09 Å². The molecule has 0 aliphatic carbocycles. The summed E-state index contributed by atoms with van der Waals surface area (Å²) >= 11 is 0. The zero-order valence-electron chi connectivity index (χ0n) is 18.0. The topological polar surface area (TPSA) is 86.9 Å². The fraction of sp³-hybridized carbons (Fsp3) is 0.391. The molecule has 0 spiro atoms. The number of ether oxygens (including phenoxy) is 2. The fourth-order valence-electron chi connectivity index (χ4n) is 4.37. The number of nitrogens with zero attached hydrogens (tertiary/aromatic N) is 2. The molecule has 0 saturated carbocycles. The van der Waals surface area contributed by atoms with E-state index in [1.807, 2.05) is 31.3 Å². The van der Waals surface area contributed by atoms with Gasteiger partial charge in [0.2, 0.25) is 0 Å². The number of amides is 2. The summed E-state index contributed by atoms with van der Waals surface area (Å²) < 4.78 is 10.4. The minimum absolute atomic E-state index is 0. The predicted octanol–water partition coefficient (Wildman–Crippen LogP) is 3.10. The third-order valence-electron chi connectivity index (χ3n) is 6.08. The van der Waals surface area contributed by atoms with Crippen LogP contribution in [0.15, 0.2) is 30.5 Å². The predicted molar refractivity (Wildman–Crippen MR) is 123 cm³/mol. The van der Waals surface area contributed by atoms with Gasteiger partial charge in [-0.15, -0.1) is 12.4 Å². The van der Waals surface area contributed by atoms with E-state index in [4.69, 9.17) is 9.47 Å². The highest BCUT2D eigenvalue weighted by Crippen LogP contribution is 2.37. The first-order chi connectivity index (χ1) is 15.1. The molecule has 1 aromatic carbocycles. The van der Waals surface area contributed by atoms with Crippen LogP contribution in [0, 0.1) is 0 Å². The van der Waals surface area contributed by atoms with E-state index in [1.165, 1.54) is 5.56 Å². The zero-order valence-corrected chi connectivity index (χ0v) is 18.8. The Morgan fingerprint density at radius 1 is 1.03 bits per heavy atom. The van der Waals surface area contributed by atoms with Crippen LogP contribution in [0.1, 0.15) is 29.3 Å². The summed E-state index contributed by atoms with van der Waals surface area (Å²) in [6.45, 7) is 7.73. The monoisotopic (exact) mass is 458 g/mol. The van der Waals surface area contributed by atoms with Crippen LogP contribution in [-0.2, 0) is 27.4 Å². The number of allylic oxidation sites excluding steroid dienone is 1. The second-order valence-corrected chi connectivity index (χ2v) is 8.18. The number of fused-ring (bicyclic) bond motifs is 1. The van der Waals surface area contributed by atoms with E-state index in [0.29, 0.717) is 25.3 Å². The molecule has 170 valence electrons. The highest BCUT2D eigenvalue weighted by Gasteiger charge is 2.28. The summed E-state index contributed by atoms with van der Waals surface area (Å²) in [5, 5.41) is 2.96. The first kappa shape index (κ1) is 22.4. The van der Waals surface area contributed by atoms with Crippen molar-refractivity contribution in [3.8, 4) is 0 Å². The standard InChI is InChI=1S/C23H26N4O4.ClH/c1-15(20-11-17(12-24-20)13-26-4-7-30-8-5-26)21-18-10-16(2-3-19(18)25-22(21)28)14-27-6-9-31-23(27)29;/h2-3,10-12,24H,4-9,13-14H2,1H3,(H,25,28);1H/b21-15+;. The number of hydrogen-bond acceptors (Lipinski definition) is 5. The van der Waals surface area contributed by atoms with Gasteiger partial charge in [0, 0.05) is 49.3 Å². The molecule has 3 aliphatic heterocycles. The summed E-state index contributed by atoms with van der Waals surface area (Å²) in [4.78, 5) is 31.9. The molecule has 2 saturated heterocycles. The minimum Gasteiger partial charge on any atom is -0.448 e. The Morgan fingerprint density at radius 3 is 2.59 bits per heavy atom. The molecule has 2 aromatic rings. The Bertz CT molecular complexity index is 1060. The van der Waals surface area contributed by atoms with Crippen molar-refractivity contribution in [3.05, 3.63) is 52.8 Å². The van der Waals surface area contributed by atoms with Gasteiger partial charge in [-0.05, 0) is 41.8 Å². The van der Waals surface area contributed by atoms with Gasteiger partial charge in [0.15, 0.2) is 0 Å². The van der Waals surface area contributed by atoms with Gasteiger partial charge in [-0.25, -0.2) is 4.79 Å². The van der Waals surface area contributed by atoms with Gasteiger partial charge in [-0.3, -0.25) is 9.69 Å². The summed E-state index contributed by atoms with van der Waals surface area (Å²) in [5.41, 5.74) is 6.34. The molecule has 8 nitrogen and oxygen atoms in total. The molecule has 32 heavy (non-hydrogen) atoms. The molecular weight excluding hydrogens is 432 g/mol. The molecule has 0 atom stereocenters. The summed E-state index contributed by atoms with van der Waals surface area (Å²) in [6.07, 6.45) is 1.72. The molecule has 1 aromatic heterocycles. The van der Waals surface area contributed by atoms with Crippen molar-refractivity contribution >= 4 is 41.2 Å². The van der Waals surface area contributed by atoms with Crippen molar-refractivity contribution in [2.45, 2.75) is 20.0 Å². The number of cyclic esters (lactones) is 1. The van der Waals surface area contributed by atoms with Crippen molar-refractivity contribution in [2.75, 3.05) is 44.8 Å². The van der Waals surface area contributed by atoms with Gasteiger partial charge in [0.1, 0.15) is 6.61 Å². The van der Waals surface area contributed by atoms with Crippen LogP contribution in [0.5, 0.6) is 0 Å². The first-order valence-electron chi connectivity index (χ1n) is 10.6. The van der Waals surface area contributed by atoms with Gasteiger partial charge < -0.3 is 24.7 Å². The van der Waals surface area contributed by atoms with Crippen LogP contribution in [0.25, 0.3) is 11.1 Å². The van der Waals surface area contributed by atoms with Crippen molar-refractivity contribution in [1.82, 2.24) is 14.8 Å². The van der Waals surface area contributed by atoms with E-state index in [-0.39, 0.29) is 24.4 Å². The lowest BCUT2D eigenvalue weighted by molar-refractivity contribution is -0.110. The van der Waals surface area contributed by atoms with Gasteiger partial charge in [-0.2, -0.15) is 0 Å². The molecule has 5 rings (SSSR count). The van der Waals surface area contributed by atoms with E-state index in [1.54, 1.807) is 4.90 Å². The number of anilines is 1. The molecular formula is C23H27ClN4O4. The largest absolute Gasteiger partial charge is 0.448 e. The lowest BCUT2D eigenvalue weighted by atomic mass is 9.98. The normalized spacial score (nSPS) is 20.0. The second-order valence-electron chi connectivity index (χ2n) is 8.18. The van der Waals surface area contributed by atoms with Crippen molar-refractivity contribution in [2.24, 2.45) is 0 Å². The smallest absolute Gasteiger partial charge is 0.410 e. The Hall–Kier alpha value is -2.81. The SMILES string of the molecule is C/C(=C1\C(=O)Nc2ccc(CN3CCOC3=O)cc21)c1cc(CN2CCOCC2)c[nH]1.Cl. The van der Waals surface area contributed by atoms with Crippen LogP contribution in [0.3, 0.4) is 0 Å². The van der Waals surface area contributed by atoms with Crippen molar-refractivity contribution in [1.29, 1.82) is 0 Å². The molecule has 9 heteroatoms. The molecule has 3 aliphatic rings. The maximum atomic E-state index is 12.8. The van der Waals surface area contributed by atoms with Gasteiger partial charge in [0.05, 0.1) is 25.3 Å². The number of aromatic amines is 1. The minimum atomic E-state index is -0.291. The number of carbonyl (C=O) groups excluding carboxylic acids is 2. The van der Waals surface area contributed by atoms with Crippen LogP contribution >= 0.6 is 12.4 Å². The average molecular weight is 459 g/mol. The van der Waals surface area contributed by atoms with Gasteiger partial charge in [0.25, 0.3) is 5.91 Å². The van der Waals surface area contributed by atoms with E-state index in [0.717, 1.165) is 60.9 Å². The van der Waals surface area contributed by atoms with Crippen LogP contribution in [0.2, 0.25) is 0 Å². The lowest BCUT2D eigenvalue weighted by Gasteiger charge is -2.25. The highest BCUT2D eigenvalue weighted by atomic mass is 35.5. The summed E-state index contributed by atoms with van der Waals surface area (Å²) in [7, 11) is 0. The van der Waals surface area contributed by atoms with Gasteiger partial charge in [-0.1, -0.05) is 6.07 Å². The number of H-pyrrole nitrogens is 1. The Labute approximate surface area is 193 Å². The number of rotatable bonds is 5. The number of benzene rings is 1. The maximum Gasteiger partial charge on any atom is 0.410 e. The Morgan fingerprint density at radius 2 is 1.84 bits per heavy atom. The van der Waals surface area contributed by atoms with E-state index in [9.17, 15) is 9.59 Å². The molecule has 4 heterocycles. The number of halogens is 1. The average Bonchev–Trinajstić information content (AvgIpc) is 3.47. The molecule has 2 fully saturated rings. The summed E-state index contributed by atoms with van der Waals surface area (Å²) in [5.74, 6) is -0.102. The maximum absolute atomic E-state index is 12.8. The summed E-state index contributed by atoms with van der Waals surface area (Å²) in [6, 6.07) is 7.96. The Balaban J connectivity index is 0.00000245. The Kier molecular flexibility index (Phi) is 6.55. The van der Waals surface area contributed by atoms with Crippen LogP contribution in [0.4, 0.5) is 10.5 Å². The molecule has 0 bridgehead atoms. The lowest BCUT2D eigenvalue weighted by Crippen LogP contribution is -2.35. The van der Waals surface area contributed by atoms with E-state index >= 15 is 0 Å². The molecule has 0 unspecified atom stereocenters. The number of carbonyl (C=O) groups is 2. The first-order valence-corrected chi connectivity index (χ1v) is 10.6. The van der Waals surface area contributed by atoms with E-state index < -0.39 is 0 Å². The number of morpholine rings is 1. The number of hydrogen-bond donors (Lipinski definition) is 2. The quantitative estimate of drug-likeness (QED) is 0.672. The third-order valence-corrected chi connectivity index (χ3v) is 6.08. The van der Waals surface area contributed by atoms with E-state index in [2.05, 4.69) is 21.3 Å². The fourth-order valence-corrected chi connectivity index (χ4v) is 4.37. The molecule has 2 N–H and O–H groups in total. The molecule has 2 amide bonds. The van der Waals surface area contributed by atoms with Crippen molar-refractivity contribution < 1.29 is 19.1 Å². The highest BCUT2D eigenvalue weighted by molar-refractivity contribution is 6.36. The number of aromatic nitrogens is 1.